The van der Waals surface area contributed by atoms with Crippen LogP contribution in [0.5, 0.6) is 5.75 Å². The highest BCUT2D eigenvalue weighted by molar-refractivity contribution is 5.87. The molecule has 0 unspecified atom stereocenters. The van der Waals surface area contributed by atoms with Crippen molar-refractivity contribution in [1.29, 1.82) is 0 Å². The minimum atomic E-state index is 0.203. The summed E-state index contributed by atoms with van der Waals surface area (Å²) in [5.41, 5.74) is 0. The average molecular weight is 185 g/mol. The van der Waals surface area contributed by atoms with Crippen LogP contribution in [0.2, 0.25) is 0 Å². The molecule has 1 radical (unpaired) electrons. The predicted octanol–water partition coefficient (Wildman–Crippen LogP) is 3.43. The van der Waals surface area contributed by atoms with Gasteiger partial charge in [-0.3, -0.25) is 0 Å². The Labute approximate surface area is 84.3 Å². The van der Waals surface area contributed by atoms with Crippen LogP contribution in [0.25, 0.3) is 10.8 Å². The molecule has 2 aromatic carbocycles. The first-order chi connectivity index (χ1) is 6.77. The normalized spacial score (nSPS) is 10.8. The molecule has 2 aromatic rings. The van der Waals surface area contributed by atoms with Gasteiger partial charge in [-0.2, -0.15) is 0 Å². The molecular formula is C13H13O. The van der Waals surface area contributed by atoms with Crippen LogP contribution >= 0.6 is 0 Å². The number of hydrogen-bond acceptors (Lipinski definition) is 1. The van der Waals surface area contributed by atoms with Crippen LogP contribution in [-0.4, -0.2) is 6.10 Å². The molecule has 0 N–H and O–H groups in total. The van der Waals surface area contributed by atoms with Crippen molar-refractivity contribution in [3.8, 4) is 5.75 Å². The molecule has 0 heterocycles. The van der Waals surface area contributed by atoms with E-state index in [1.54, 1.807) is 0 Å². The summed E-state index contributed by atoms with van der Waals surface area (Å²) in [6.07, 6.45) is 0.203. The Morgan fingerprint density at radius 2 is 1.93 bits per heavy atom. The monoisotopic (exact) mass is 185 g/mol. The Hall–Kier alpha value is -1.50. The van der Waals surface area contributed by atoms with E-state index in [1.165, 1.54) is 5.39 Å². The van der Waals surface area contributed by atoms with E-state index in [9.17, 15) is 0 Å². The fourth-order valence-electron chi connectivity index (χ4n) is 1.48. The molecule has 14 heavy (non-hydrogen) atoms. The largest absolute Gasteiger partial charge is 0.490 e. The van der Waals surface area contributed by atoms with E-state index in [0.717, 1.165) is 11.1 Å². The quantitative estimate of drug-likeness (QED) is 0.696. The lowest BCUT2D eigenvalue weighted by Crippen LogP contribution is -2.05. The smallest absolute Gasteiger partial charge is 0.128 e. The van der Waals surface area contributed by atoms with Crippen molar-refractivity contribution in [2.75, 3.05) is 0 Å². The Morgan fingerprint density at radius 3 is 2.71 bits per heavy atom. The van der Waals surface area contributed by atoms with Gasteiger partial charge >= 0.3 is 0 Å². The molecule has 0 aliphatic carbocycles. The van der Waals surface area contributed by atoms with E-state index >= 15 is 0 Å². The van der Waals surface area contributed by atoms with Crippen LogP contribution in [0.1, 0.15) is 13.8 Å². The maximum Gasteiger partial charge on any atom is 0.128 e. The van der Waals surface area contributed by atoms with Crippen molar-refractivity contribution in [1.82, 2.24) is 0 Å². The molecule has 71 valence electrons. The maximum atomic E-state index is 5.70. The fraction of sp³-hybridized carbons (Fsp3) is 0.231. The Kier molecular flexibility index (Phi) is 2.40. The third-order valence-corrected chi connectivity index (χ3v) is 2.02. The van der Waals surface area contributed by atoms with Crippen LogP contribution in [0.15, 0.2) is 36.4 Å². The van der Waals surface area contributed by atoms with Gasteiger partial charge in [0.15, 0.2) is 0 Å². The maximum absolute atomic E-state index is 5.70. The van der Waals surface area contributed by atoms with Crippen LogP contribution in [0.4, 0.5) is 0 Å². The van der Waals surface area contributed by atoms with Gasteiger partial charge in [0.25, 0.3) is 0 Å². The number of rotatable bonds is 2. The van der Waals surface area contributed by atoms with Gasteiger partial charge in [0.2, 0.25) is 0 Å². The Bertz CT molecular complexity index is 427. The third kappa shape index (κ3) is 1.72. The number of fused-ring (bicyclic) bond motifs is 1. The summed E-state index contributed by atoms with van der Waals surface area (Å²) >= 11 is 0. The lowest BCUT2D eigenvalue weighted by Gasteiger charge is -2.11. The lowest BCUT2D eigenvalue weighted by molar-refractivity contribution is 0.245. The number of benzene rings is 2. The summed E-state index contributed by atoms with van der Waals surface area (Å²) in [6, 6.07) is 15.2. The molecule has 0 aliphatic rings. The molecule has 0 amide bonds. The highest BCUT2D eigenvalue weighted by Crippen LogP contribution is 2.25. The SMILES string of the molecule is CC(C)Oc1cccc2ccc[c]c12. The molecule has 0 atom stereocenters. The van der Waals surface area contributed by atoms with Crippen LogP contribution in [0, 0.1) is 6.07 Å². The van der Waals surface area contributed by atoms with Crippen molar-refractivity contribution < 1.29 is 4.74 Å². The van der Waals surface area contributed by atoms with Crippen LogP contribution in [-0.2, 0) is 0 Å². The van der Waals surface area contributed by atoms with Gasteiger partial charge in [-0.25, -0.2) is 0 Å². The van der Waals surface area contributed by atoms with Gasteiger partial charge in [-0.15, -0.1) is 0 Å². The van der Waals surface area contributed by atoms with Crippen molar-refractivity contribution in [3.63, 3.8) is 0 Å². The van der Waals surface area contributed by atoms with E-state index in [-0.39, 0.29) is 6.10 Å². The topological polar surface area (TPSA) is 9.23 Å². The zero-order chi connectivity index (χ0) is 9.97. The summed E-state index contributed by atoms with van der Waals surface area (Å²) in [5.74, 6) is 0.915. The highest BCUT2D eigenvalue weighted by atomic mass is 16.5. The number of ether oxygens (including phenoxy) is 1. The highest BCUT2D eigenvalue weighted by Gasteiger charge is 2.02. The molecule has 0 saturated carbocycles. The standard InChI is InChI=1S/C13H13O/c1-10(2)14-13-9-5-7-11-6-3-4-8-12(11)13/h3-7,9-10H,1-2H3. The molecule has 0 bridgehead atoms. The molecule has 0 fully saturated rings. The first kappa shape index (κ1) is 9.07. The van der Waals surface area contributed by atoms with E-state index < -0.39 is 0 Å². The summed E-state index contributed by atoms with van der Waals surface area (Å²) in [4.78, 5) is 0. The zero-order valence-corrected chi connectivity index (χ0v) is 8.45. The van der Waals surface area contributed by atoms with Gasteiger partial charge in [-0.05, 0) is 31.4 Å². The second-order valence-electron chi connectivity index (χ2n) is 3.56. The zero-order valence-electron chi connectivity index (χ0n) is 8.45. The van der Waals surface area contributed by atoms with Gasteiger partial charge in [0.05, 0.1) is 6.10 Å². The second-order valence-corrected chi connectivity index (χ2v) is 3.56. The van der Waals surface area contributed by atoms with Crippen LogP contribution < -0.4 is 4.74 Å². The summed E-state index contributed by atoms with van der Waals surface area (Å²) < 4.78 is 5.70. The molecule has 1 nitrogen and oxygen atoms in total. The van der Waals surface area contributed by atoms with E-state index in [2.05, 4.69) is 18.2 Å². The van der Waals surface area contributed by atoms with Crippen molar-refractivity contribution in [3.05, 3.63) is 42.5 Å². The molecule has 0 aromatic heterocycles. The molecule has 0 spiro atoms. The molecular weight excluding hydrogens is 172 g/mol. The van der Waals surface area contributed by atoms with Gasteiger partial charge in [-0.1, -0.05) is 30.3 Å². The Morgan fingerprint density at radius 1 is 1.14 bits per heavy atom. The van der Waals surface area contributed by atoms with Crippen molar-refractivity contribution >= 4 is 10.8 Å². The van der Waals surface area contributed by atoms with E-state index in [0.29, 0.717) is 0 Å². The van der Waals surface area contributed by atoms with Crippen molar-refractivity contribution in [2.24, 2.45) is 0 Å². The predicted molar refractivity (Wildman–Crippen MR) is 58.5 cm³/mol. The second kappa shape index (κ2) is 3.70. The van der Waals surface area contributed by atoms with Gasteiger partial charge in [0, 0.05) is 5.39 Å². The summed E-state index contributed by atoms with van der Waals surface area (Å²) in [7, 11) is 0. The first-order valence-corrected chi connectivity index (χ1v) is 4.83. The Balaban J connectivity index is 2.53. The summed E-state index contributed by atoms with van der Waals surface area (Å²) in [6.45, 7) is 4.06. The van der Waals surface area contributed by atoms with E-state index in [4.69, 9.17) is 4.74 Å². The minimum Gasteiger partial charge on any atom is -0.490 e. The average Bonchev–Trinajstić information content (AvgIpc) is 2.18. The molecule has 1 heteroatoms. The first-order valence-electron chi connectivity index (χ1n) is 4.83. The molecule has 0 aliphatic heterocycles. The minimum absolute atomic E-state index is 0.203. The van der Waals surface area contributed by atoms with E-state index in [1.807, 2.05) is 38.1 Å². The third-order valence-electron chi connectivity index (χ3n) is 2.02. The van der Waals surface area contributed by atoms with Gasteiger partial charge in [0.1, 0.15) is 5.75 Å². The van der Waals surface area contributed by atoms with Crippen LogP contribution in [0.3, 0.4) is 0 Å². The number of hydrogen-bond donors (Lipinski definition) is 0. The molecule has 2 rings (SSSR count). The van der Waals surface area contributed by atoms with Crippen molar-refractivity contribution in [2.45, 2.75) is 20.0 Å². The summed E-state index contributed by atoms with van der Waals surface area (Å²) in [5, 5.41) is 2.23. The lowest BCUT2D eigenvalue weighted by atomic mass is 10.1. The fourth-order valence-corrected chi connectivity index (χ4v) is 1.48. The van der Waals surface area contributed by atoms with Gasteiger partial charge < -0.3 is 4.74 Å². The molecule has 0 saturated heterocycles.